The van der Waals surface area contributed by atoms with E-state index in [0.29, 0.717) is 17.8 Å². The molecule has 0 aliphatic rings. The number of esters is 2. The Hall–Kier alpha value is -1.70. The molecule has 0 aromatic rings. The van der Waals surface area contributed by atoms with E-state index in [1.54, 1.807) is 27.7 Å². The fraction of sp³-hybridized carbons (Fsp3) is 0.625. The molecule has 0 bridgehead atoms. The first-order chi connectivity index (χ1) is 10.6. The van der Waals surface area contributed by atoms with Crippen LogP contribution in [0.1, 0.15) is 27.7 Å². The fourth-order valence-electron chi connectivity index (χ4n) is 0.871. The van der Waals surface area contributed by atoms with Crippen molar-refractivity contribution in [3.63, 3.8) is 0 Å². The van der Waals surface area contributed by atoms with E-state index >= 15 is 0 Å². The molecule has 0 rings (SSSR count). The number of ether oxygens (including phenoxy) is 3. The monoisotopic (exact) mass is 332 g/mol. The van der Waals surface area contributed by atoms with E-state index in [-0.39, 0.29) is 25.9 Å². The van der Waals surface area contributed by atoms with Crippen molar-refractivity contribution in [1.29, 1.82) is 0 Å². The molecule has 134 valence electrons. The predicted octanol–water partition coefficient (Wildman–Crippen LogP) is 0.990. The number of hydrogen-bond acceptors (Lipinski definition) is 7. The molecule has 2 unspecified atom stereocenters. The quantitative estimate of drug-likeness (QED) is 0.369. The Balaban J connectivity index is 0. The summed E-state index contributed by atoms with van der Waals surface area (Å²) in [7, 11) is 0. The van der Waals surface area contributed by atoms with E-state index in [2.05, 4.69) is 22.6 Å². The molecule has 0 fully saturated rings. The van der Waals surface area contributed by atoms with Crippen LogP contribution in [0, 0.1) is 0 Å². The van der Waals surface area contributed by atoms with Crippen LogP contribution in [-0.2, 0) is 23.8 Å². The Morgan fingerprint density at radius 3 is 1.65 bits per heavy atom. The summed E-state index contributed by atoms with van der Waals surface area (Å²) in [6, 6.07) is 0. The van der Waals surface area contributed by atoms with Crippen molar-refractivity contribution in [1.82, 2.24) is 0 Å². The highest BCUT2D eigenvalue weighted by molar-refractivity contribution is 5.87. The number of aliphatic hydroxyl groups is 2. The van der Waals surface area contributed by atoms with Gasteiger partial charge in [-0.25, -0.2) is 9.59 Å². The average Bonchev–Trinajstić information content (AvgIpc) is 2.48. The molecule has 0 aliphatic carbocycles. The second-order valence-corrected chi connectivity index (χ2v) is 5.01. The smallest absolute Gasteiger partial charge is 0.333 e. The Bertz CT molecular complexity index is 360. The zero-order valence-electron chi connectivity index (χ0n) is 14.3. The highest BCUT2D eigenvalue weighted by atomic mass is 16.6. The maximum absolute atomic E-state index is 10.8. The summed E-state index contributed by atoms with van der Waals surface area (Å²) in [5.41, 5.74) is 0.632. The first-order valence-electron chi connectivity index (χ1n) is 7.17. The van der Waals surface area contributed by atoms with Crippen LogP contribution in [0.4, 0.5) is 0 Å². The lowest BCUT2D eigenvalue weighted by Crippen LogP contribution is -2.19. The molecule has 0 saturated heterocycles. The van der Waals surface area contributed by atoms with Crippen molar-refractivity contribution in [3.05, 3.63) is 24.3 Å². The van der Waals surface area contributed by atoms with Crippen LogP contribution in [0.3, 0.4) is 0 Å². The Morgan fingerprint density at radius 1 is 1.00 bits per heavy atom. The topological polar surface area (TPSA) is 102 Å². The Labute approximate surface area is 137 Å². The first-order valence-corrected chi connectivity index (χ1v) is 7.17. The zero-order chi connectivity index (χ0) is 18.4. The molecule has 2 atom stereocenters. The van der Waals surface area contributed by atoms with Crippen molar-refractivity contribution in [2.24, 2.45) is 0 Å². The van der Waals surface area contributed by atoms with Gasteiger partial charge in [-0.05, 0) is 27.7 Å². The molecule has 0 aromatic heterocycles. The molecule has 0 spiro atoms. The highest BCUT2D eigenvalue weighted by Gasteiger charge is 2.05. The number of carbonyl (C=O) groups excluding carboxylic acids is 2. The van der Waals surface area contributed by atoms with Gasteiger partial charge in [0.2, 0.25) is 0 Å². The van der Waals surface area contributed by atoms with Crippen LogP contribution in [0.15, 0.2) is 24.3 Å². The molecular weight excluding hydrogens is 304 g/mol. The molecular formula is C16H28O7. The maximum Gasteiger partial charge on any atom is 0.333 e. The predicted molar refractivity (Wildman–Crippen MR) is 85.7 cm³/mol. The van der Waals surface area contributed by atoms with E-state index in [0.717, 1.165) is 0 Å². The van der Waals surface area contributed by atoms with Gasteiger partial charge in [0.1, 0.15) is 13.2 Å². The van der Waals surface area contributed by atoms with Crippen LogP contribution < -0.4 is 0 Å². The normalized spacial score (nSPS) is 12.3. The third kappa shape index (κ3) is 16.5. The molecule has 0 aliphatic heterocycles. The summed E-state index contributed by atoms with van der Waals surface area (Å²) >= 11 is 0. The van der Waals surface area contributed by atoms with Gasteiger partial charge in [0, 0.05) is 11.1 Å². The summed E-state index contributed by atoms with van der Waals surface area (Å²) in [5, 5.41) is 17.1. The highest BCUT2D eigenvalue weighted by Crippen LogP contribution is 1.94. The molecule has 23 heavy (non-hydrogen) atoms. The van der Waals surface area contributed by atoms with Crippen LogP contribution >= 0.6 is 0 Å². The minimum absolute atomic E-state index is 0.00667. The molecule has 0 amide bonds. The molecule has 0 heterocycles. The lowest BCUT2D eigenvalue weighted by atomic mass is 10.4. The molecule has 7 nitrogen and oxygen atoms in total. The SMILES string of the molecule is C=C(C)C(=O)OCCOC(=O)C(=C)C.CC(O)COC(C)CO. The van der Waals surface area contributed by atoms with E-state index in [1.807, 2.05) is 0 Å². The fourth-order valence-corrected chi connectivity index (χ4v) is 0.871. The van der Waals surface area contributed by atoms with Crippen LogP contribution in [0.2, 0.25) is 0 Å². The van der Waals surface area contributed by atoms with Gasteiger partial charge in [-0.3, -0.25) is 0 Å². The summed E-state index contributed by atoms with van der Waals surface area (Å²) < 4.78 is 14.3. The number of rotatable bonds is 9. The van der Waals surface area contributed by atoms with E-state index in [4.69, 9.17) is 14.9 Å². The van der Waals surface area contributed by atoms with Crippen molar-refractivity contribution in [2.45, 2.75) is 39.9 Å². The Kier molecular flexibility index (Phi) is 14.3. The lowest BCUT2D eigenvalue weighted by molar-refractivity contribution is -0.147. The van der Waals surface area contributed by atoms with Crippen LogP contribution in [0.5, 0.6) is 0 Å². The third-order valence-electron chi connectivity index (χ3n) is 2.13. The zero-order valence-corrected chi connectivity index (χ0v) is 14.3. The number of carbonyl (C=O) groups is 2. The summed E-state index contributed by atoms with van der Waals surface area (Å²) in [6.07, 6.45) is -0.612. The summed E-state index contributed by atoms with van der Waals surface area (Å²) in [5.74, 6) is -0.979. The summed E-state index contributed by atoms with van der Waals surface area (Å²) in [6.45, 7) is 13.6. The second kappa shape index (κ2) is 13.9. The van der Waals surface area contributed by atoms with Gasteiger partial charge >= 0.3 is 11.9 Å². The molecule has 0 aromatic carbocycles. The average molecular weight is 332 g/mol. The van der Waals surface area contributed by atoms with Gasteiger partial charge in [0.25, 0.3) is 0 Å². The van der Waals surface area contributed by atoms with Gasteiger partial charge in [0.15, 0.2) is 0 Å². The van der Waals surface area contributed by atoms with Crippen molar-refractivity contribution < 1.29 is 34.0 Å². The lowest BCUT2D eigenvalue weighted by Gasteiger charge is -2.10. The molecule has 0 radical (unpaired) electrons. The van der Waals surface area contributed by atoms with E-state index in [1.165, 1.54) is 0 Å². The van der Waals surface area contributed by atoms with Crippen molar-refractivity contribution in [2.75, 3.05) is 26.4 Å². The standard InChI is InChI=1S/C10H14O4.C6H14O3/c1-7(2)9(11)13-5-6-14-10(12)8(3)4;1-5(8)4-9-6(2)3-7/h1,3,5-6H2,2,4H3;5-8H,3-4H2,1-2H3. The number of aliphatic hydroxyl groups excluding tert-OH is 2. The van der Waals surface area contributed by atoms with Gasteiger partial charge in [-0.15, -0.1) is 0 Å². The Morgan fingerprint density at radius 2 is 1.39 bits per heavy atom. The molecule has 2 N–H and O–H groups in total. The molecule has 0 saturated carbocycles. The van der Waals surface area contributed by atoms with Crippen molar-refractivity contribution in [3.8, 4) is 0 Å². The largest absolute Gasteiger partial charge is 0.459 e. The third-order valence-corrected chi connectivity index (χ3v) is 2.13. The minimum Gasteiger partial charge on any atom is -0.459 e. The van der Waals surface area contributed by atoms with Crippen molar-refractivity contribution >= 4 is 11.9 Å². The van der Waals surface area contributed by atoms with Gasteiger partial charge in [-0.1, -0.05) is 13.2 Å². The minimum atomic E-state index is -0.489. The van der Waals surface area contributed by atoms with E-state index < -0.39 is 18.0 Å². The van der Waals surface area contributed by atoms with Crippen LogP contribution in [-0.4, -0.2) is 60.8 Å². The second-order valence-electron chi connectivity index (χ2n) is 5.01. The first kappa shape index (κ1) is 23.6. The van der Waals surface area contributed by atoms with Gasteiger partial charge in [-0.2, -0.15) is 0 Å². The molecule has 7 heteroatoms. The van der Waals surface area contributed by atoms with Crippen LogP contribution in [0.25, 0.3) is 0 Å². The summed E-state index contributed by atoms with van der Waals surface area (Å²) in [4.78, 5) is 21.7. The van der Waals surface area contributed by atoms with Gasteiger partial charge < -0.3 is 24.4 Å². The van der Waals surface area contributed by atoms with Gasteiger partial charge in [0.05, 0.1) is 25.4 Å². The van der Waals surface area contributed by atoms with E-state index in [9.17, 15) is 9.59 Å². The number of hydrogen-bond donors (Lipinski definition) is 2. The maximum atomic E-state index is 10.8.